The van der Waals surface area contributed by atoms with Crippen LogP contribution in [-0.4, -0.2) is 44.3 Å². The molecule has 0 aromatic carbocycles. The summed E-state index contributed by atoms with van der Waals surface area (Å²) < 4.78 is 5.48. The quantitative estimate of drug-likeness (QED) is 0.854. The second kappa shape index (κ2) is 5.58. The standard InChI is InChI=1S/C17H30N2O/c18-10-16(11-19-1-3-20-4-2-19)17-14-6-12-5-13(8-14)9-15(17)7-12/h12-17H,1-11,18H2. The molecule has 4 bridgehead atoms. The van der Waals surface area contributed by atoms with Crippen LogP contribution < -0.4 is 5.73 Å². The highest BCUT2D eigenvalue weighted by Gasteiger charge is 2.50. The van der Waals surface area contributed by atoms with E-state index in [1.165, 1.54) is 32.2 Å². The molecule has 0 amide bonds. The summed E-state index contributed by atoms with van der Waals surface area (Å²) >= 11 is 0. The lowest BCUT2D eigenvalue weighted by atomic mass is 9.49. The Labute approximate surface area is 123 Å². The first-order chi connectivity index (χ1) is 9.83. The summed E-state index contributed by atoms with van der Waals surface area (Å²) in [5, 5.41) is 0. The van der Waals surface area contributed by atoms with Crippen molar-refractivity contribution in [3.05, 3.63) is 0 Å². The number of nitrogens with two attached hydrogens (primary N) is 1. The van der Waals surface area contributed by atoms with Gasteiger partial charge in [-0.25, -0.2) is 0 Å². The molecule has 5 rings (SSSR count). The fourth-order valence-corrected chi connectivity index (χ4v) is 6.21. The predicted molar refractivity (Wildman–Crippen MR) is 80.3 cm³/mol. The first kappa shape index (κ1) is 13.5. The van der Waals surface area contributed by atoms with E-state index in [0.29, 0.717) is 0 Å². The van der Waals surface area contributed by atoms with E-state index >= 15 is 0 Å². The molecular formula is C17H30N2O. The van der Waals surface area contributed by atoms with Crippen molar-refractivity contribution in [1.29, 1.82) is 0 Å². The van der Waals surface area contributed by atoms with Gasteiger partial charge >= 0.3 is 0 Å². The van der Waals surface area contributed by atoms with Crippen LogP contribution in [0.1, 0.15) is 32.1 Å². The first-order valence-electron chi connectivity index (χ1n) is 8.83. The largest absolute Gasteiger partial charge is 0.379 e. The summed E-state index contributed by atoms with van der Waals surface area (Å²) in [6.07, 6.45) is 7.65. The van der Waals surface area contributed by atoms with E-state index in [1.54, 1.807) is 6.42 Å². The van der Waals surface area contributed by atoms with Gasteiger partial charge in [-0.1, -0.05) is 0 Å². The second-order valence-corrected chi connectivity index (χ2v) is 7.92. The zero-order chi connectivity index (χ0) is 13.5. The number of ether oxygens (including phenoxy) is 1. The molecule has 1 unspecified atom stereocenters. The number of morpholine rings is 1. The van der Waals surface area contributed by atoms with E-state index in [0.717, 1.165) is 68.4 Å². The van der Waals surface area contributed by atoms with Crippen LogP contribution in [0.3, 0.4) is 0 Å². The summed E-state index contributed by atoms with van der Waals surface area (Å²) in [7, 11) is 0. The summed E-state index contributed by atoms with van der Waals surface area (Å²) in [5.74, 6) is 5.87. The van der Waals surface area contributed by atoms with E-state index < -0.39 is 0 Å². The Kier molecular flexibility index (Phi) is 3.78. The van der Waals surface area contributed by atoms with Gasteiger partial charge in [0.15, 0.2) is 0 Å². The molecule has 2 N–H and O–H groups in total. The topological polar surface area (TPSA) is 38.5 Å². The van der Waals surface area contributed by atoms with Crippen LogP contribution in [-0.2, 0) is 4.74 Å². The fourth-order valence-electron chi connectivity index (χ4n) is 6.21. The fraction of sp³-hybridized carbons (Fsp3) is 1.00. The lowest BCUT2D eigenvalue weighted by Crippen LogP contribution is -2.52. The third kappa shape index (κ3) is 2.42. The molecule has 5 fully saturated rings. The monoisotopic (exact) mass is 278 g/mol. The molecule has 0 spiro atoms. The van der Waals surface area contributed by atoms with Crippen molar-refractivity contribution in [2.45, 2.75) is 32.1 Å². The molecule has 1 aliphatic heterocycles. The molecule has 4 saturated carbocycles. The summed E-state index contributed by atoms with van der Waals surface area (Å²) in [4.78, 5) is 2.60. The number of hydrogen-bond acceptors (Lipinski definition) is 3. The lowest BCUT2D eigenvalue weighted by Gasteiger charge is -2.57. The van der Waals surface area contributed by atoms with Gasteiger partial charge in [0.05, 0.1) is 13.2 Å². The minimum absolute atomic E-state index is 0.739. The van der Waals surface area contributed by atoms with E-state index in [-0.39, 0.29) is 0 Å². The van der Waals surface area contributed by atoms with Crippen LogP contribution in [0.5, 0.6) is 0 Å². The number of rotatable bonds is 4. The molecular weight excluding hydrogens is 248 g/mol. The van der Waals surface area contributed by atoms with Crippen LogP contribution in [0.2, 0.25) is 0 Å². The van der Waals surface area contributed by atoms with Crippen molar-refractivity contribution in [1.82, 2.24) is 4.90 Å². The Balaban J connectivity index is 1.44. The van der Waals surface area contributed by atoms with Crippen molar-refractivity contribution < 1.29 is 4.74 Å². The summed E-state index contributed by atoms with van der Waals surface area (Å²) in [6, 6.07) is 0. The highest BCUT2D eigenvalue weighted by Crippen LogP contribution is 2.58. The average molecular weight is 278 g/mol. The molecule has 4 aliphatic carbocycles. The molecule has 5 aliphatic rings. The first-order valence-corrected chi connectivity index (χ1v) is 8.83. The maximum atomic E-state index is 6.21. The van der Waals surface area contributed by atoms with Crippen LogP contribution >= 0.6 is 0 Å². The lowest BCUT2D eigenvalue weighted by molar-refractivity contribution is -0.0696. The SMILES string of the molecule is NCC(CN1CCOCC1)C1C2CC3CC(C2)CC1C3. The molecule has 3 heteroatoms. The van der Waals surface area contributed by atoms with Gasteiger partial charge in [-0.15, -0.1) is 0 Å². The Bertz CT molecular complexity index is 312. The van der Waals surface area contributed by atoms with Crippen molar-refractivity contribution >= 4 is 0 Å². The predicted octanol–water partition coefficient (Wildman–Crippen LogP) is 1.97. The Morgan fingerprint density at radius 1 is 0.950 bits per heavy atom. The minimum atomic E-state index is 0.739. The van der Waals surface area contributed by atoms with Crippen LogP contribution in [0.4, 0.5) is 0 Å². The summed E-state index contributed by atoms with van der Waals surface area (Å²) in [6.45, 7) is 6.18. The molecule has 0 aromatic heterocycles. The van der Waals surface area contributed by atoms with Crippen molar-refractivity contribution in [2.75, 3.05) is 39.4 Å². The molecule has 3 nitrogen and oxygen atoms in total. The van der Waals surface area contributed by atoms with Crippen LogP contribution in [0, 0.1) is 35.5 Å². The zero-order valence-corrected chi connectivity index (χ0v) is 12.7. The maximum Gasteiger partial charge on any atom is 0.0594 e. The second-order valence-electron chi connectivity index (χ2n) is 7.92. The Hall–Kier alpha value is -0.120. The van der Waals surface area contributed by atoms with Gasteiger partial charge in [-0.05, 0) is 74.2 Å². The molecule has 20 heavy (non-hydrogen) atoms. The number of hydrogen-bond donors (Lipinski definition) is 1. The Morgan fingerprint density at radius 3 is 2.10 bits per heavy atom. The van der Waals surface area contributed by atoms with E-state index in [1.807, 2.05) is 0 Å². The van der Waals surface area contributed by atoms with Crippen LogP contribution in [0.25, 0.3) is 0 Å². The van der Waals surface area contributed by atoms with E-state index in [2.05, 4.69) is 4.90 Å². The van der Waals surface area contributed by atoms with E-state index in [4.69, 9.17) is 10.5 Å². The highest BCUT2D eigenvalue weighted by atomic mass is 16.5. The van der Waals surface area contributed by atoms with Gasteiger partial charge < -0.3 is 10.5 Å². The van der Waals surface area contributed by atoms with Gasteiger partial charge in [0, 0.05) is 19.6 Å². The Morgan fingerprint density at radius 2 is 1.55 bits per heavy atom. The van der Waals surface area contributed by atoms with Gasteiger partial charge in [0.1, 0.15) is 0 Å². The van der Waals surface area contributed by atoms with Gasteiger partial charge in [-0.3, -0.25) is 4.90 Å². The molecule has 1 heterocycles. The van der Waals surface area contributed by atoms with Gasteiger partial charge in [-0.2, -0.15) is 0 Å². The average Bonchev–Trinajstić information content (AvgIpc) is 2.46. The molecule has 1 saturated heterocycles. The van der Waals surface area contributed by atoms with Gasteiger partial charge in [0.2, 0.25) is 0 Å². The van der Waals surface area contributed by atoms with Gasteiger partial charge in [0.25, 0.3) is 0 Å². The number of nitrogens with zero attached hydrogens (tertiary/aromatic N) is 1. The smallest absolute Gasteiger partial charge is 0.0594 e. The van der Waals surface area contributed by atoms with Crippen molar-refractivity contribution in [2.24, 2.45) is 41.2 Å². The third-order valence-corrected chi connectivity index (χ3v) is 6.74. The van der Waals surface area contributed by atoms with Crippen LogP contribution in [0.15, 0.2) is 0 Å². The normalized spacial score (nSPS) is 45.8. The molecule has 114 valence electrons. The van der Waals surface area contributed by atoms with E-state index in [9.17, 15) is 0 Å². The molecule has 0 radical (unpaired) electrons. The van der Waals surface area contributed by atoms with Crippen molar-refractivity contribution in [3.8, 4) is 0 Å². The zero-order valence-electron chi connectivity index (χ0n) is 12.7. The third-order valence-electron chi connectivity index (χ3n) is 6.74. The highest BCUT2D eigenvalue weighted by molar-refractivity contribution is 5.00. The maximum absolute atomic E-state index is 6.21. The van der Waals surface area contributed by atoms with Crippen molar-refractivity contribution in [3.63, 3.8) is 0 Å². The minimum Gasteiger partial charge on any atom is -0.379 e. The molecule has 0 aromatic rings. The summed E-state index contributed by atoms with van der Waals surface area (Å²) in [5.41, 5.74) is 6.21. The molecule has 1 atom stereocenters.